The van der Waals surface area contributed by atoms with E-state index in [1.54, 1.807) is 6.92 Å². The molecule has 2 nitrogen and oxygen atoms in total. The lowest BCUT2D eigenvalue weighted by atomic mass is 10.1. The van der Waals surface area contributed by atoms with Gasteiger partial charge in [0.05, 0.1) is 5.33 Å². The summed E-state index contributed by atoms with van der Waals surface area (Å²) >= 11 is 2.99. The zero-order valence-corrected chi connectivity index (χ0v) is 9.85. The molecule has 0 unspecified atom stereocenters. The Morgan fingerprint density at radius 3 is 2.50 bits per heavy atom. The fourth-order valence-corrected chi connectivity index (χ4v) is 1.52. The predicted molar refractivity (Wildman–Crippen MR) is 56.0 cm³/mol. The summed E-state index contributed by atoms with van der Waals surface area (Å²) in [7, 11) is 0. The van der Waals surface area contributed by atoms with E-state index in [0.29, 0.717) is 11.1 Å². The van der Waals surface area contributed by atoms with Gasteiger partial charge in [0.15, 0.2) is 5.78 Å². The van der Waals surface area contributed by atoms with Gasteiger partial charge in [-0.05, 0) is 30.7 Å². The van der Waals surface area contributed by atoms with Crippen molar-refractivity contribution in [2.45, 2.75) is 13.3 Å². The highest BCUT2D eigenvalue weighted by molar-refractivity contribution is 9.09. The lowest BCUT2D eigenvalue weighted by Crippen LogP contribution is -2.17. The first kappa shape index (κ1) is 13.0. The van der Waals surface area contributed by atoms with Crippen LogP contribution in [0.4, 0.5) is 13.2 Å². The van der Waals surface area contributed by atoms with Crippen LogP contribution >= 0.6 is 15.9 Å². The van der Waals surface area contributed by atoms with Gasteiger partial charge < -0.3 is 4.74 Å². The SMILES string of the molecule is Cc1cc(OC(F)(F)F)ccc1C(=O)CBr. The summed E-state index contributed by atoms with van der Waals surface area (Å²) in [6.45, 7) is 1.55. The molecule has 0 N–H and O–H groups in total. The van der Waals surface area contributed by atoms with Crippen molar-refractivity contribution in [2.24, 2.45) is 0 Å². The average Bonchev–Trinajstić information content (AvgIpc) is 2.14. The van der Waals surface area contributed by atoms with Crippen LogP contribution in [0.25, 0.3) is 0 Å². The van der Waals surface area contributed by atoms with Gasteiger partial charge in [0.1, 0.15) is 5.75 Å². The number of ether oxygens (including phenoxy) is 1. The van der Waals surface area contributed by atoms with Crippen molar-refractivity contribution in [1.82, 2.24) is 0 Å². The molecule has 0 radical (unpaired) electrons. The van der Waals surface area contributed by atoms with Crippen LogP contribution in [-0.2, 0) is 0 Å². The maximum atomic E-state index is 11.9. The van der Waals surface area contributed by atoms with Crippen molar-refractivity contribution in [3.8, 4) is 5.75 Å². The van der Waals surface area contributed by atoms with Gasteiger partial charge in [-0.15, -0.1) is 13.2 Å². The molecule has 0 aliphatic heterocycles. The fraction of sp³-hybridized carbons (Fsp3) is 0.300. The number of hydrogen-bond donors (Lipinski definition) is 0. The van der Waals surface area contributed by atoms with E-state index < -0.39 is 6.36 Å². The van der Waals surface area contributed by atoms with Crippen molar-refractivity contribution in [1.29, 1.82) is 0 Å². The zero-order valence-electron chi connectivity index (χ0n) is 8.27. The van der Waals surface area contributed by atoms with Crippen LogP contribution in [0.2, 0.25) is 0 Å². The number of benzene rings is 1. The molecule has 0 saturated carbocycles. The lowest BCUT2D eigenvalue weighted by Gasteiger charge is -2.10. The summed E-state index contributed by atoms with van der Waals surface area (Å²) in [5, 5.41) is 0.132. The standard InChI is InChI=1S/C10H8BrF3O2/c1-6-4-7(16-10(12,13)14)2-3-8(6)9(15)5-11/h2-4H,5H2,1H3. The molecule has 1 aromatic rings. The van der Waals surface area contributed by atoms with Crippen molar-refractivity contribution >= 4 is 21.7 Å². The molecule has 0 amide bonds. The largest absolute Gasteiger partial charge is 0.573 e. The highest BCUT2D eigenvalue weighted by atomic mass is 79.9. The lowest BCUT2D eigenvalue weighted by molar-refractivity contribution is -0.274. The highest BCUT2D eigenvalue weighted by Gasteiger charge is 2.31. The van der Waals surface area contributed by atoms with Crippen LogP contribution in [0.15, 0.2) is 18.2 Å². The minimum absolute atomic E-state index is 0.132. The van der Waals surface area contributed by atoms with Gasteiger partial charge in [-0.3, -0.25) is 4.79 Å². The van der Waals surface area contributed by atoms with Crippen molar-refractivity contribution < 1.29 is 22.7 Å². The van der Waals surface area contributed by atoms with Gasteiger partial charge in [-0.25, -0.2) is 0 Å². The first-order valence-corrected chi connectivity index (χ1v) is 5.41. The maximum absolute atomic E-state index is 11.9. The Balaban J connectivity index is 2.96. The van der Waals surface area contributed by atoms with Crippen molar-refractivity contribution in [3.05, 3.63) is 29.3 Å². The van der Waals surface area contributed by atoms with E-state index in [0.717, 1.165) is 6.07 Å². The van der Waals surface area contributed by atoms with Crippen LogP contribution in [0.3, 0.4) is 0 Å². The third-order valence-corrected chi connectivity index (χ3v) is 2.36. The molecular weight excluding hydrogens is 289 g/mol. The Labute approximate surface area is 98.5 Å². The molecule has 6 heteroatoms. The summed E-state index contributed by atoms with van der Waals surface area (Å²) in [5.41, 5.74) is 0.831. The minimum Gasteiger partial charge on any atom is -0.406 e. The fourth-order valence-electron chi connectivity index (χ4n) is 1.22. The van der Waals surface area contributed by atoms with Gasteiger partial charge in [0.2, 0.25) is 0 Å². The Kier molecular flexibility index (Phi) is 3.96. The summed E-state index contributed by atoms with van der Waals surface area (Å²) in [6.07, 6.45) is -4.71. The van der Waals surface area contributed by atoms with E-state index in [-0.39, 0.29) is 16.9 Å². The first-order chi connectivity index (χ1) is 7.33. The van der Waals surface area contributed by atoms with Gasteiger partial charge in [0, 0.05) is 5.56 Å². The molecule has 0 aliphatic rings. The smallest absolute Gasteiger partial charge is 0.406 e. The Morgan fingerprint density at radius 1 is 1.44 bits per heavy atom. The highest BCUT2D eigenvalue weighted by Crippen LogP contribution is 2.25. The molecule has 1 aromatic carbocycles. The molecular formula is C10H8BrF3O2. The van der Waals surface area contributed by atoms with Crippen LogP contribution in [0.1, 0.15) is 15.9 Å². The zero-order chi connectivity index (χ0) is 12.3. The average molecular weight is 297 g/mol. The number of rotatable bonds is 3. The van der Waals surface area contributed by atoms with Gasteiger partial charge in [-0.1, -0.05) is 15.9 Å². The third kappa shape index (κ3) is 3.52. The Morgan fingerprint density at radius 2 is 2.06 bits per heavy atom. The van der Waals surface area contributed by atoms with Gasteiger partial charge in [-0.2, -0.15) is 0 Å². The van der Waals surface area contributed by atoms with Crippen molar-refractivity contribution in [3.63, 3.8) is 0 Å². The molecule has 0 aliphatic carbocycles. The normalized spacial score (nSPS) is 11.3. The van der Waals surface area contributed by atoms with E-state index in [4.69, 9.17) is 0 Å². The number of Topliss-reactive ketones (excluding diaryl/α,β-unsaturated/α-hetero) is 1. The number of ketones is 1. The molecule has 0 bridgehead atoms. The molecule has 88 valence electrons. The summed E-state index contributed by atoms with van der Waals surface area (Å²) < 4.78 is 39.4. The maximum Gasteiger partial charge on any atom is 0.573 e. The van der Waals surface area contributed by atoms with Crippen LogP contribution in [0, 0.1) is 6.92 Å². The molecule has 0 fully saturated rings. The minimum atomic E-state index is -4.71. The topological polar surface area (TPSA) is 26.3 Å². The molecule has 0 atom stereocenters. The molecule has 0 aromatic heterocycles. The Bertz CT molecular complexity index is 402. The number of carbonyl (C=O) groups excluding carboxylic acids is 1. The number of aryl methyl sites for hydroxylation is 1. The van der Waals surface area contributed by atoms with E-state index in [2.05, 4.69) is 20.7 Å². The molecule has 0 heterocycles. The predicted octanol–water partition coefficient (Wildman–Crippen LogP) is 3.47. The Hall–Kier alpha value is -1.04. The number of carbonyl (C=O) groups is 1. The number of halogens is 4. The first-order valence-electron chi connectivity index (χ1n) is 4.29. The van der Waals surface area contributed by atoms with Crippen molar-refractivity contribution in [2.75, 3.05) is 5.33 Å². The number of hydrogen-bond acceptors (Lipinski definition) is 2. The van der Waals surface area contributed by atoms with Crippen LogP contribution < -0.4 is 4.74 Å². The molecule has 1 rings (SSSR count). The summed E-state index contributed by atoms with van der Waals surface area (Å²) in [6, 6.07) is 3.62. The van der Waals surface area contributed by atoms with Crippen LogP contribution in [0.5, 0.6) is 5.75 Å². The quantitative estimate of drug-likeness (QED) is 0.631. The molecule has 0 spiro atoms. The third-order valence-electron chi connectivity index (χ3n) is 1.85. The second kappa shape index (κ2) is 4.86. The van der Waals surface area contributed by atoms with E-state index in [1.807, 2.05) is 0 Å². The molecule has 16 heavy (non-hydrogen) atoms. The van der Waals surface area contributed by atoms with E-state index in [1.165, 1.54) is 12.1 Å². The second-order valence-electron chi connectivity index (χ2n) is 3.08. The second-order valence-corrected chi connectivity index (χ2v) is 3.64. The summed E-state index contributed by atoms with van der Waals surface area (Å²) in [5.74, 6) is -0.507. The van der Waals surface area contributed by atoms with E-state index in [9.17, 15) is 18.0 Å². The molecule has 0 saturated heterocycles. The van der Waals surface area contributed by atoms with Crippen LogP contribution in [-0.4, -0.2) is 17.5 Å². The number of alkyl halides is 4. The summed E-state index contributed by atoms with van der Waals surface area (Å²) in [4.78, 5) is 11.3. The van der Waals surface area contributed by atoms with Gasteiger partial charge >= 0.3 is 6.36 Å². The monoisotopic (exact) mass is 296 g/mol. The van der Waals surface area contributed by atoms with E-state index >= 15 is 0 Å². The van der Waals surface area contributed by atoms with Gasteiger partial charge in [0.25, 0.3) is 0 Å².